The number of nitrogens with one attached hydrogen (secondary N) is 1. The predicted octanol–water partition coefficient (Wildman–Crippen LogP) is 4.22. The number of fused-ring (bicyclic) bond motifs is 2. The second-order valence-electron chi connectivity index (χ2n) is 7.88. The van der Waals surface area contributed by atoms with Crippen molar-refractivity contribution in [3.63, 3.8) is 0 Å². The van der Waals surface area contributed by atoms with Crippen molar-refractivity contribution in [1.29, 1.82) is 0 Å². The van der Waals surface area contributed by atoms with Gasteiger partial charge in [0.1, 0.15) is 12.4 Å². The number of hydrogen-bond donors (Lipinski definition) is 1. The molecule has 6 nitrogen and oxygen atoms in total. The fourth-order valence-electron chi connectivity index (χ4n) is 3.83. The highest BCUT2D eigenvalue weighted by atomic mass is 32.1. The standard InChI is InChI=1S/C20H20N4O2S/c1-20(2)8-14-18(16(25)9-20)27-19(23-14)24-5-6-26-17-4-3-12(7-15(17)24)13-10-21-22-11-13/h3-4,7,10-11H,5-6,8-9H2,1-2H3,(H,21,22). The van der Waals surface area contributed by atoms with E-state index in [4.69, 9.17) is 9.72 Å². The highest BCUT2D eigenvalue weighted by molar-refractivity contribution is 7.17. The van der Waals surface area contributed by atoms with E-state index in [1.54, 1.807) is 6.20 Å². The van der Waals surface area contributed by atoms with Crippen LogP contribution in [0.4, 0.5) is 10.8 Å². The molecular weight excluding hydrogens is 360 g/mol. The second kappa shape index (κ2) is 5.92. The largest absolute Gasteiger partial charge is 0.490 e. The van der Waals surface area contributed by atoms with Crippen LogP contribution in [0.5, 0.6) is 5.75 Å². The highest BCUT2D eigenvalue weighted by Crippen LogP contribution is 2.44. The highest BCUT2D eigenvalue weighted by Gasteiger charge is 2.35. The number of aromatic amines is 1. The number of hydrogen-bond acceptors (Lipinski definition) is 6. The van der Waals surface area contributed by atoms with Crippen molar-refractivity contribution in [2.45, 2.75) is 26.7 Å². The zero-order valence-electron chi connectivity index (χ0n) is 15.3. The summed E-state index contributed by atoms with van der Waals surface area (Å²) in [5, 5.41) is 7.77. The third-order valence-electron chi connectivity index (χ3n) is 5.11. The number of anilines is 2. The van der Waals surface area contributed by atoms with Gasteiger partial charge in [0.15, 0.2) is 10.9 Å². The summed E-state index contributed by atoms with van der Waals surface area (Å²) >= 11 is 1.51. The molecule has 3 aromatic rings. The lowest BCUT2D eigenvalue weighted by Gasteiger charge is -2.29. The van der Waals surface area contributed by atoms with Gasteiger partial charge in [0.05, 0.1) is 29.0 Å². The van der Waals surface area contributed by atoms with Crippen molar-refractivity contribution >= 4 is 27.9 Å². The number of aromatic nitrogens is 3. The number of carbonyl (C=O) groups is 1. The summed E-state index contributed by atoms with van der Waals surface area (Å²) in [6, 6.07) is 6.13. The van der Waals surface area contributed by atoms with Gasteiger partial charge >= 0.3 is 0 Å². The van der Waals surface area contributed by atoms with Gasteiger partial charge in [-0.05, 0) is 29.5 Å². The van der Waals surface area contributed by atoms with E-state index in [1.807, 2.05) is 18.3 Å². The molecule has 0 saturated heterocycles. The first-order chi connectivity index (χ1) is 13.0. The number of ketones is 1. The van der Waals surface area contributed by atoms with Crippen LogP contribution in [-0.2, 0) is 6.42 Å². The minimum Gasteiger partial charge on any atom is -0.490 e. The number of carbonyl (C=O) groups excluding carboxylic acids is 1. The topological polar surface area (TPSA) is 71.1 Å². The third-order valence-corrected chi connectivity index (χ3v) is 6.27. The quantitative estimate of drug-likeness (QED) is 0.721. The monoisotopic (exact) mass is 380 g/mol. The normalized spacial score (nSPS) is 18.0. The summed E-state index contributed by atoms with van der Waals surface area (Å²) in [4.78, 5) is 20.4. The Bertz CT molecular complexity index is 1020. The Labute approximate surface area is 161 Å². The Morgan fingerprint density at radius 2 is 2.15 bits per heavy atom. The molecule has 1 aliphatic carbocycles. The molecular formula is C20H20N4O2S. The van der Waals surface area contributed by atoms with Crippen LogP contribution < -0.4 is 9.64 Å². The maximum absolute atomic E-state index is 12.6. The van der Waals surface area contributed by atoms with Crippen LogP contribution in [0.25, 0.3) is 11.1 Å². The lowest BCUT2D eigenvalue weighted by Crippen LogP contribution is -2.28. The molecule has 2 aromatic heterocycles. The van der Waals surface area contributed by atoms with Crippen molar-refractivity contribution in [2.24, 2.45) is 5.41 Å². The first-order valence-corrected chi connectivity index (χ1v) is 9.88. The van der Waals surface area contributed by atoms with Gasteiger partial charge in [0.2, 0.25) is 0 Å². The Morgan fingerprint density at radius 3 is 2.96 bits per heavy atom. The third kappa shape index (κ3) is 2.82. The Hall–Kier alpha value is -2.67. The van der Waals surface area contributed by atoms with E-state index in [0.717, 1.165) is 44.7 Å². The van der Waals surface area contributed by atoms with Gasteiger partial charge in [-0.3, -0.25) is 9.89 Å². The van der Waals surface area contributed by atoms with Gasteiger partial charge in [-0.1, -0.05) is 31.3 Å². The van der Waals surface area contributed by atoms with Gasteiger partial charge < -0.3 is 9.64 Å². The summed E-state index contributed by atoms with van der Waals surface area (Å²) in [6.45, 7) is 5.58. The van der Waals surface area contributed by atoms with E-state index in [0.29, 0.717) is 19.6 Å². The molecule has 0 fully saturated rings. The first kappa shape index (κ1) is 16.5. The molecule has 0 radical (unpaired) electrons. The molecule has 7 heteroatoms. The van der Waals surface area contributed by atoms with E-state index < -0.39 is 0 Å². The fourth-order valence-corrected chi connectivity index (χ4v) is 4.89. The lowest BCUT2D eigenvalue weighted by molar-refractivity contribution is 0.0916. The zero-order chi connectivity index (χ0) is 18.6. The van der Waals surface area contributed by atoms with Crippen LogP contribution in [0.3, 0.4) is 0 Å². The zero-order valence-corrected chi connectivity index (χ0v) is 16.1. The number of Topliss-reactive ketones (excluding diaryl/α,β-unsaturated/α-hetero) is 1. The van der Waals surface area contributed by atoms with E-state index >= 15 is 0 Å². The van der Waals surface area contributed by atoms with Crippen molar-refractivity contribution < 1.29 is 9.53 Å². The molecule has 0 bridgehead atoms. The average Bonchev–Trinajstić information content (AvgIpc) is 3.29. The summed E-state index contributed by atoms with van der Waals surface area (Å²) in [6.07, 6.45) is 5.11. The maximum Gasteiger partial charge on any atom is 0.190 e. The fraction of sp³-hybridized carbons (Fsp3) is 0.350. The van der Waals surface area contributed by atoms with Gasteiger partial charge in [0, 0.05) is 18.2 Å². The van der Waals surface area contributed by atoms with Crippen LogP contribution in [0.1, 0.15) is 35.6 Å². The van der Waals surface area contributed by atoms with Crippen LogP contribution in [0.15, 0.2) is 30.6 Å². The van der Waals surface area contributed by atoms with E-state index in [1.165, 1.54) is 11.3 Å². The molecule has 1 aromatic carbocycles. The summed E-state index contributed by atoms with van der Waals surface area (Å²) < 4.78 is 5.85. The van der Waals surface area contributed by atoms with Crippen LogP contribution >= 0.6 is 11.3 Å². The minimum atomic E-state index is -0.0210. The number of H-pyrrole nitrogens is 1. The van der Waals surface area contributed by atoms with Gasteiger partial charge in [-0.25, -0.2) is 4.98 Å². The Balaban J connectivity index is 1.57. The number of benzene rings is 1. The SMILES string of the molecule is CC1(C)CC(=O)c2sc(N3CCOc4ccc(-c5cn[nH]c5)cc43)nc2C1. The molecule has 1 N–H and O–H groups in total. The smallest absolute Gasteiger partial charge is 0.190 e. The van der Waals surface area contributed by atoms with Crippen molar-refractivity contribution in [1.82, 2.24) is 15.2 Å². The molecule has 1 aliphatic heterocycles. The van der Waals surface area contributed by atoms with Crippen LogP contribution in [0.2, 0.25) is 0 Å². The molecule has 0 atom stereocenters. The minimum absolute atomic E-state index is 0.0210. The van der Waals surface area contributed by atoms with E-state index in [9.17, 15) is 4.79 Å². The number of rotatable bonds is 2. The average molecular weight is 380 g/mol. The van der Waals surface area contributed by atoms with Crippen molar-refractivity contribution in [3.8, 4) is 16.9 Å². The molecule has 3 heterocycles. The van der Waals surface area contributed by atoms with Gasteiger partial charge in [-0.2, -0.15) is 5.10 Å². The molecule has 0 spiro atoms. The molecule has 5 rings (SSSR count). The number of ether oxygens (including phenoxy) is 1. The van der Waals surface area contributed by atoms with Crippen molar-refractivity contribution in [3.05, 3.63) is 41.2 Å². The van der Waals surface area contributed by atoms with Crippen molar-refractivity contribution in [2.75, 3.05) is 18.1 Å². The molecule has 0 unspecified atom stereocenters. The Kier molecular flexibility index (Phi) is 3.62. The number of nitrogens with zero attached hydrogens (tertiary/aromatic N) is 3. The van der Waals surface area contributed by atoms with Gasteiger partial charge in [0.25, 0.3) is 0 Å². The van der Waals surface area contributed by atoms with Crippen LogP contribution in [-0.4, -0.2) is 34.1 Å². The molecule has 0 amide bonds. The second-order valence-corrected chi connectivity index (χ2v) is 8.86. The number of thiazole rings is 1. The Morgan fingerprint density at radius 1 is 1.26 bits per heavy atom. The van der Waals surface area contributed by atoms with Gasteiger partial charge in [-0.15, -0.1) is 0 Å². The van der Waals surface area contributed by atoms with Crippen LogP contribution in [0, 0.1) is 5.41 Å². The summed E-state index contributed by atoms with van der Waals surface area (Å²) in [5.74, 6) is 1.05. The molecule has 2 aliphatic rings. The lowest BCUT2D eigenvalue weighted by atomic mass is 9.78. The summed E-state index contributed by atoms with van der Waals surface area (Å²) in [7, 11) is 0. The molecule has 27 heavy (non-hydrogen) atoms. The summed E-state index contributed by atoms with van der Waals surface area (Å²) in [5.41, 5.74) is 4.00. The van der Waals surface area contributed by atoms with E-state index in [-0.39, 0.29) is 11.2 Å². The predicted molar refractivity (Wildman–Crippen MR) is 105 cm³/mol. The first-order valence-electron chi connectivity index (χ1n) is 9.07. The molecule has 0 saturated carbocycles. The van der Waals surface area contributed by atoms with E-state index in [2.05, 4.69) is 35.0 Å². The maximum atomic E-state index is 12.6. The molecule has 138 valence electrons.